The lowest BCUT2D eigenvalue weighted by atomic mass is 10.2. The van der Waals surface area contributed by atoms with E-state index in [0.717, 1.165) is 11.8 Å². The Kier molecular flexibility index (Phi) is 4.85. The van der Waals surface area contributed by atoms with Gasteiger partial charge in [-0.05, 0) is 17.7 Å². The molecule has 9 heteroatoms. The lowest BCUT2D eigenvalue weighted by molar-refractivity contribution is -0.141. The molecule has 0 aliphatic carbocycles. The normalized spacial score (nSPS) is 11.7. The maximum atomic E-state index is 12.6. The first kappa shape index (κ1) is 16.2. The minimum atomic E-state index is -4.67. The monoisotopic (exact) mass is 354 g/mol. The molecule has 0 amide bonds. The predicted octanol–water partition coefficient (Wildman–Crippen LogP) is 4.39. The second-order valence-electron chi connectivity index (χ2n) is 3.92. The molecule has 0 spiro atoms. The molecule has 1 N–H and O–H groups in total. The van der Waals surface area contributed by atoms with Crippen molar-refractivity contribution in [1.82, 2.24) is 9.97 Å². The summed E-state index contributed by atoms with van der Waals surface area (Å²) in [7, 11) is 0. The van der Waals surface area contributed by atoms with E-state index in [0.29, 0.717) is 21.7 Å². The fourth-order valence-electron chi connectivity index (χ4n) is 1.46. The Morgan fingerprint density at radius 2 is 1.86 bits per heavy atom. The number of hydrogen-bond donors (Lipinski definition) is 1. The molecule has 1 aromatic carbocycles. The molecule has 0 aliphatic heterocycles. The zero-order chi connectivity index (χ0) is 15.6. The lowest BCUT2D eigenvalue weighted by Crippen LogP contribution is -2.16. The quantitative estimate of drug-likeness (QED) is 0.656. The van der Waals surface area contributed by atoms with E-state index < -0.39 is 17.4 Å². The van der Waals surface area contributed by atoms with Gasteiger partial charge >= 0.3 is 6.18 Å². The highest BCUT2D eigenvalue weighted by Crippen LogP contribution is 2.31. The first-order valence-electron chi connectivity index (χ1n) is 5.51. The summed E-state index contributed by atoms with van der Waals surface area (Å²) in [5.74, 6) is 0.183. The summed E-state index contributed by atoms with van der Waals surface area (Å²) in [6.45, 7) is 0. The van der Waals surface area contributed by atoms with Crippen molar-refractivity contribution < 1.29 is 13.2 Å². The molecular formula is C12H7Cl2F3N2OS. The average molecular weight is 355 g/mol. The molecule has 0 saturated heterocycles. The SMILES string of the molecule is O=c1cc(C(F)(F)F)nc(SCc2c(Cl)cccc2Cl)[nH]1. The minimum Gasteiger partial charge on any atom is -0.301 e. The minimum absolute atomic E-state index is 0.147. The third-order valence-corrected chi connectivity index (χ3v) is 4.03. The standard InChI is InChI=1S/C12H7Cl2F3N2OS/c13-7-2-1-3-8(14)6(7)5-21-11-18-9(12(15,16)17)4-10(20)19-11/h1-4H,5H2,(H,18,19,20). The van der Waals surface area contributed by atoms with Crippen LogP contribution >= 0.6 is 35.0 Å². The van der Waals surface area contributed by atoms with Crippen molar-refractivity contribution in [1.29, 1.82) is 0 Å². The fraction of sp³-hybridized carbons (Fsp3) is 0.167. The molecule has 2 aromatic rings. The summed E-state index contributed by atoms with van der Waals surface area (Å²) in [5.41, 5.74) is -1.55. The van der Waals surface area contributed by atoms with Crippen molar-refractivity contribution in [2.75, 3.05) is 0 Å². The van der Waals surface area contributed by atoms with Gasteiger partial charge in [-0.2, -0.15) is 13.2 Å². The molecule has 3 nitrogen and oxygen atoms in total. The highest BCUT2D eigenvalue weighted by molar-refractivity contribution is 7.98. The molecule has 0 fully saturated rings. The zero-order valence-corrected chi connectivity index (χ0v) is 12.5. The molecule has 1 heterocycles. The van der Waals surface area contributed by atoms with Crippen molar-refractivity contribution in [3.63, 3.8) is 0 Å². The van der Waals surface area contributed by atoms with Gasteiger partial charge in [-0.25, -0.2) is 4.98 Å². The van der Waals surface area contributed by atoms with Crippen LogP contribution in [0.5, 0.6) is 0 Å². The highest BCUT2D eigenvalue weighted by Gasteiger charge is 2.33. The van der Waals surface area contributed by atoms with Crippen LogP contribution in [0.3, 0.4) is 0 Å². The largest absolute Gasteiger partial charge is 0.433 e. The number of halogens is 5. The van der Waals surface area contributed by atoms with Crippen molar-refractivity contribution in [2.45, 2.75) is 17.1 Å². The van der Waals surface area contributed by atoms with Gasteiger partial charge in [-0.1, -0.05) is 41.0 Å². The van der Waals surface area contributed by atoms with E-state index in [-0.39, 0.29) is 10.9 Å². The lowest BCUT2D eigenvalue weighted by Gasteiger charge is -2.08. The van der Waals surface area contributed by atoms with Gasteiger partial charge in [0.25, 0.3) is 5.56 Å². The number of benzene rings is 1. The molecule has 2 rings (SSSR count). The van der Waals surface area contributed by atoms with E-state index in [1.165, 1.54) is 0 Å². The average Bonchev–Trinajstić information content (AvgIpc) is 2.36. The van der Waals surface area contributed by atoms with Crippen LogP contribution in [0.2, 0.25) is 10.0 Å². The number of rotatable bonds is 3. The van der Waals surface area contributed by atoms with Gasteiger partial charge in [0.2, 0.25) is 0 Å². The third kappa shape index (κ3) is 4.15. The molecule has 0 atom stereocenters. The summed E-state index contributed by atoms with van der Waals surface area (Å²) in [6.07, 6.45) is -4.67. The Bertz CT molecular complexity index is 698. The van der Waals surface area contributed by atoms with Crippen molar-refractivity contribution in [3.8, 4) is 0 Å². The maximum Gasteiger partial charge on any atom is 0.433 e. The van der Waals surface area contributed by atoms with Crippen LogP contribution in [0.4, 0.5) is 13.2 Å². The Morgan fingerprint density at radius 3 is 2.43 bits per heavy atom. The van der Waals surface area contributed by atoms with Crippen LogP contribution in [-0.4, -0.2) is 9.97 Å². The summed E-state index contributed by atoms with van der Waals surface area (Å²) in [4.78, 5) is 16.9. The second-order valence-corrected chi connectivity index (χ2v) is 5.70. The van der Waals surface area contributed by atoms with E-state index in [4.69, 9.17) is 23.2 Å². The molecule has 0 saturated carbocycles. The van der Waals surface area contributed by atoms with Gasteiger partial charge in [-0.15, -0.1) is 0 Å². The molecule has 1 aromatic heterocycles. The van der Waals surface area contributed by atoms with Gasteiger partial charge in [0.05, 0.1) is 0 Å². The second kappa shape index (κ2) is 6.29. The summed E-state index contributed by atoms with van der Waals surface area (Å²) < 4.78 is 37.7. The van der Waals surface area contributed by atoms with Crippen LogP contribution < -0.4 is 5.56 Å². The Balaban J connectivity index is 2.25. The number of alkyl halides is 3. The smallest absolute Gasteiger partial charge is 0.301 e. The first-order valence-corrected chi connectivity index (χ1v) is 7.26. The molecule has 0 bridgehead atoms. The van der Waals surface area contributed by atoms with E-state index >= 15 is 0 Å². The molecule has 112 valence electrons. The molecule has 0 unspecified atom stereocenters. The Labute approximate surface area is 131 Å². The van der Waals surface area contributed by atoms with Gasteiger partial charge in [-0.3, -0.25) is 4.79 Å². The molecule has 21 heavy (non-hydrogen) atoms. The molecular weight excluding hydrogens is 348 g/mol. The highest BCUT2D eigenvalue weighted by atomic mass is 35.5. The van der Waals surface area contributed by atoms with Crippen molar-refractivity contribution in [3.05, 3.63) is 55.9 Å². The van der Waals surface area contributed by atoms with Crippen LogP contribution in [0.25, 0.3) is 0 Å². The summed E-state index contributed by atoms with van der Waals surface area (Å²) in [6, 6.07) is 5.30. The maximum absolute atomic E-state index is 12.6. The number of aromatic amines is 1. The number of aromatic nitrogens is 2. The number of nitrogens with zero attached hydrogens (tertiary/aromatic N) is 1. The molecule has 0 radical (unpaired) electrons. The molecule has 0 aliphatic rings. The summed E-state index contributed by atoms with van der Waals surface area (Å²) >= 11 is 12.8. The van der Waals surface area contributed by atoms with E-state index in [1.807, 2.05) is 0 Å². The van der Waals surface area contributed by atoms with Gasteiger partial charge in [0, 0.05) is 21.9 Å². The fourth-order valence-corrected chi connectivity index (χ4v) is 3.08. The van der Waals surface area contributed by atoms with Crippen molar-refractivity contribution in [2.24, 2.45) is 0 Å². The topological polar surface area (TPSA) is 45.8 Å². The number of thioether (sulfide) groups is 1. The van der Waals surface area contributed by atoms with Crippen LogP contribution in [0.1, 0.15) is 11.3 Å². The Hall–Kier alpha value is -1.18. The van der Waals surface area contributed by atoms with Gasteiger partial charge in [0.1, 0.15) is 0 Å². The number of H-pyrrole nitrogens is 1. The van der Waals surface area contributed by atoms with E-state index in [2.05, 4.69) is 9.97 Å². The predicted molar refractivity (Wildman–Crippen MR) is 75.9 cm³/mol. The number of nitrogens with one attached hydrogen (secondary N) is 1. The number of hydrogen-bond acceptors (Lipinski definition) is 3. The van der Waals surface area contributed by atoms with Gasteiger partial charge in [0.15, 0.2) is 10.9 Å². The third-order valence-electron chi connectivity index (χ3n) is 2.43. The van der Waals surface area contributed by atoms with E-state index in [9.17, 15) is 18.0 Å². The van der Waals surface area contributed by atoms with Crippen LogP contribution in [0, 0.1) is 0 Å². The van der Waals surface area contributed by atoms with Crippen LogP contribution in [0.15, 0.2) is 34.2 Å². The summed E-state index contributed by atoms with van der Waals surface area (Å²) in [5, 5.41) is 0.638. The van der Waals surface area contributed by atoms with Crippen LogP contribution in [-0.2, 0) is 11.9 Å². The van der Waals surface area contributed by atoms with Gasteiger partial charge < -0.3 is 4.98 Å². The zero-order valence-electron chi connectivity index (χ0n) is 10.2. The first-order chi connectivity index (χ1) is 9.77. The van der Waals surface area contributed by atoms with E-state index in [1.54, 1.807) is 18.2 Å². The Morgan fingerprint density at radius 1 is 1.24 bits per heavy atom. The van der Waals surface area contributed by atoms with Crippen molar-refractivity contribution >= 4 is 35.0 Å².